The highest BCUT2D eigenvalue weighted by atomic mass is 32.1. The third-order valence-corrected chi connectivity index (χ3v) is 4.84. The van der Waals surface area contributed by atoms with Gasteiger partial charge in [0.2, 0.25) is 0 Å². The maximum absolute atomic E-state index is 11.9. The molecule has 1 heterocycles. The van der Waals surface area contributed by atoms with Crippen molar-refractivity contribution in [1.82, 2.24) is 4.98 Å². The van der Waals surface area contributed by atoms with Gasteiger partial charge in [-0.25, -0.2) is 9.78 Å². The largest absolute Gasteiger partial charge is 0.493 e. The number of thiazole rings is 1. The molecule has 0 spiro atoms. The van der Waals surface area contributed by atoms with Crippen LogP contribution in [0, 0.1) is 11.3 Å². The molecule has 8 heteroatoms. The standard InChI is InChI=1S/C21H18N2O5S/c1-25-18-8-5-15(9-19(18)26-2)21-23-16(13-29-21)11-28-20(24)12-27-17-6-3-14(10-22)4-7-17/h3-9,13H,11-12H2,1-2H3. The normalized spacial score (nSPS) is 10.1. The summed E-state index contributed by atoms with van der Waals surface area (Å²) in [6.45, 7) is -0.169. The number of carbonyl (C=O) groups excluding carboxylic acids is 1. The summed E-state index contributed by atoms with van der Waals surface area (Å²) in [7, 11) is 3.16. The van der Waals surface area contributed by atoms with Gasteiger partial charge in [0.1, 0.15) is 17.4 Å². The lowest BCUT2D eigenvalue weighted by molar-refractivity contribution is -0.147. The molecule has 0 N–H and O–H groups in total. The SMILES string of the molecule is COc1ccc(-c2nc(COC(=O)COc3ccc(C#N)cc3)cs2)cc1OC. The fourth-order valence-corrected chi connectivity index (χ4v) is 3.24. The van der Waals surface area contributed by atoms with Crippen LogP contribution in [-0.2, 0) is 16.1 Å². The molecule has 2 aromatic carbocycles. The van der Waals surface area contributed by atoms with Gasteiger partial charge >= 0.3 is 5.97 Å². The van der Waals surface area contributed by atoms with Crippen molar-refractivity contribution < 1.29 is 23.7 Å². The van der Waals surface area contributed by atoms with Crippen LogP contribution in [0.15, 0.2) is 47.8 Å². The number of esters is 1. The summed E-state index contributed by atoms with van der Waals surface area (Å²) in [5.41, 5.74) is 2.05. The van der Waals surface area contributed by atoms with Crippen LogP contribution in [0.3, 0.4) is 0 Å². The maximum atomic E-state index is 11.9. The molecule has 0 radical (unpaired) electrons. The number of aromatic nitrogens is 1. The van der Waals surface area contributed by atoms with E-state index in [0.717, 1.165) is 10.6 Å². The van der Waals surface area contributed by atoms with Gasteiger partial charge in [-0.05, 0) is 42.5 Å². The number of nitriles is 1. The molecule has 148 valence electrons. The van der Waals surface area contributed by atoms with Gasteiger partial charge in [0.15, 0.2) is 18.1 Å². The number of ether oxygens (including phenoxy) is 4. The van der Waals surface area contributed by atoms with Gasteiger partial charge in [0.25, 0.3) is 0 Å². The second-order valence-corrected chi connectivity index (χ2v) is 6.66. The predicted octanol–water partition coefficient (Wildman–Crippen LogP) is 3.82. The van der Waals surface area contributed by atoms with Gasteiger partial charge in [0.05, 0.1) is 31.5 Å². The molecular formula is C21H18N2O5S. The molecule has 0 aliphatic heterocycles. The quantitative estimate of drug-likeness (QED) is 0.521. The lowest BCUT2D eigenvalue weighted by Crippen LogP contribution is -2.14. The van der Waals surface area contributed by atoms with Crippen LogP contribution in [0.5, 0.6) is 17.2 Å². The Hall–Kier alpha value is -3.57. The van der Waals surface area contributed by atoms with E-state index in [0.29, 0.717) is 28.5 Å². The lowest BCUT2D eigenvalue weighted by Gasteiger charge is -2.08. The van der Waals surface area contributed by atoms with E-state index in [9.17, 15) is 4.79 Å². The minimum Gasteiger partial charge on any atom is -0.493 e. The number of methoxy groups -OCH3 is 2. The van der Waals surface area contributed by atoms with Crippen LogP contribution in [0.4, 0.5) is 0 Å². The van der Waals surface area contributed by atoms with Crippen molar-refractivity contribution in [3.05, 3.63) is 59.1 Å². The van der Waals surface area contributed by atoms with Crippen LogP contribution in [-0.4, -0.2) is 31.8 Å². The molecule has 0 saturated heterocycles. The Kier molecular flexibility index (Phi) is 6.66. The van der Waals surface area contributed by atoms with Crippen LogP contribution < -0.4 is 14.2 Å². The van der Waals surface area contributed by atoms with Gasteiger partial charge in [-0.1, -0.05) is 0 Å². The highest BCUT2D eigenvalue weighted by molar-refractivity contribution is 7.13. The zero-order chi connectivity index (χ0) is 20.6. The Morgan fingerprint density at radius 2 is 1.86 bits per heavy atom. The Labute approximate surface area is 172 Å². The number of hydrogen-bond acceptors (Lipinski definition) is 8. The predicted molar refractivity (Wildman–Crippen MR) is 107 cm³/mol. The number of nitrogens with zero attached hydrogens (tertiary/aromatic N) is 2. The summed E-state index contributed by atoms with van der Waals surface area (Å²) < 4.78 is 21.1. The topological polar surface area (TPSA) is 90.7 Å². The van der Waals surface area contributed by atoms with E-state index in [2.05, 4.69) is 4.98 Å². The molecule has 0 amide bonds. The zero-order valence-electron chi connectivity index (χ0n) is 15.9. The van der Waals surface area contributed by atoms with Crippen molar-refractivity contribution in [3.8, 4) is 33.9 Å². The summed E-state index contributed by atoms with van der Waals surface area (Å²) in [6.07, 6.45) is 0. The van der Waals surface area contributed by atoms with E-state index in [4.69, 9.17) is 24.2 Å². The van der Waals surface area contributed by atoms with E-state index < -0.39 is 5.97 Å². The van der Waals surface area contributed by atoms with E-state index in [-0.39, 0.29) is 13.2 Å². The van der Waals surface area contributed by atoms with Crippen molar-refractivity contribution >= 4 is 17.3 Å². The molecule has 0 atom stereocenters. The van der Waals surface area contributed by atoms with Gasteiger partial charge in [-0.2, -0.15) is 5.26 Å². The first-order valence-electron chi connectivity index (χ1n) is 8.58. The number of carbonyl (C=O) groups is 1. The minimum atomic E-state index is -0.505. The van der Waals surface area contributed by atoms with Gasteiger partial charge in [-0.15, -0.1) is 11.3 Å². The first-order chi connectivity index (χ1) is 14.1. The van der Waals surface area contributed by atoms with Crippen LogP contribution >= 0.6 is 11.3 Å². The average molecular weight is 410 g/mol. The Balaban J connectivity index is 1.53. The Morgan fingerprint density at radius 3 is 2.55 bits per heavy atom. The van der Waals surface area contributed by atoms with E-state index in [1.54, 1.807) is 38.5 Å². The molecule has 3 rings (SSSR count). The third kappa shape index (κ3) is 5.24. The third-order valence-electron chi connectivity index (χ3n) is 3.90. The average Bonchev–Trinajstić information content (AvgIpc) is 3.25. The number of hydrogen-bond donors (Lipinski definition) is 0. The summed E-state index contributed by atoms with van der Waals surface area (Å²) in [4.78, 5) is 16.4. The monoisotopic (exact) mass is 410 g/mol. The number of benzene rings is 2. The van der Waals surface area contributed by atoms with Crippen LogP contribution in [0.2, 0.25) is 0 Å². The fourth-order valence-electron chi connectivity index (χ4n) is 2.44. The molecule has 3 aromatic rings. The molecule has 0 unspecified atom stereocenters. The van der Waals surface area contributed by atoms with Gasteiger partial charge in [0, 0.05) is 10.9 Å². The van der Waals surface area contributed by atoms with Crippen molar-refractivity contribution in [3.63, 3.8) is 0 Å². The molecule has 0 bridgehead atoms. The molecule has 0 aliphatic rings. The lowest BCUT2D eigenvalue weighted by atomic mass is 10.2. The molecule has 1 aromatic heterocycles. The van der Waals surface area contributed by atoms with E-state index in [1.165, 1.54) is 11.3 Å². The smallest absolute Gasteiger partial charge is 0.344 e. The van der Waals surface area contributed by atoms with Gasteiger partial charge < -0.3 is 18.9 Å². The van der Waals surface area contributed by atoms with Crippen LogP contribution in [0.25, 0.3) is 10.6 Å². The summed E-state index contributed by atoms with van der Waals surface area (Å²) in [6, 6.07) is 14.1. The Morgan fingerprint density at radius 1 is 1.10 bits per heavy atom. The summed E-state index contributed by atoms with van der Waals surface area (Å²) >= 11 is 1.44. The first-order valence-corrected chi connectivity index (χ1v) is 9.46. The van der Waals surface area contributed by atoms with E-state index >= 15 is 0 Å². The van der Waals surface area contributed by atoms with Crippen molar-refractivity contribution in [2.45, 2.75) is 6.61 Å². The maximum Gasteiger partial charge on any atom is 0.344 e. The fraction of sp³-hybridized carbons (Fsp3) is 0.190. The molecule has 0 aliphatic carbocycles. The number of rotatable bonds is 8. The first kappa shape index (κ1) is 20.2. The summed E-state index contributed by atoms with van der Waals surface area (Å²) in [5, 5.41) is 11.4. The molecule has 29 heavy (non-hydrogen) atoms. The molecule has 7 nitrogen and oxygen atoms in total. The van der Waals surface area contributed by atoms with Crippen LogP contribution in [0.1, 0.15) is 11.3 Å². The highest BCUT2D eigenvalue weighted by Crippen LogP contribution is 2.33. The summed E-state index contributed by atoms with van der Waals surface area (Å²) in [5.74, 6) is 1.25. The second kappa shape index (κ2) is 9.57. The minimum absolute atomic E-state index is 0.0549. The Bertz CT molecular complexity index is 1020. The highest BCUT2D eigenvalue weighted by Gasteiger charge is 2.11. The second-order valence-electron chi connectivity index (χ2n) is 5.80. The van der Waals surface area contributed by atoms with Crippen molar-refractivity contribution in [2.24, 2.45) is 0 Å². The van der Waals surface area contributed by atoms with Crippen molar-refractivity contribution in [2.75, 3.05) is 20.8 Å². The molecular weight excluding hydrogens is 392 g/mol. The van der Waals surface area contributed by atoms with Gasteiger partial charge in [-0.3, -0.25) is 0 Å². The van der Waals surface area contributed by atoms with Crippen molar-refractivity contribution in [1.29, 1.82) is 5.26 Å². The molecule has 0 saturated carbocycles. The zero-order valence-corrected chi connectivity index (χ0v) is 16.7. The van der Waals surface area contributed by atoms with E-state index in [1.807, 2.05) is 29.6 Å². The molecule has 0 fully saturated rings.